The summed E-state index contributed by atoms with van der Waals surface area (Å²) in [4.78, 5) is 31.6. The average molecular weight is 346 g/mol. The predicted molar refractivity (Wildman–Crippen MR) is 88.9 cm³/mol. The van der Waals surface area contributed by atoms with E-state index in [2.05, 4.69) is 20.5 Å². The topological polar surface area (TPSA) is 87.5 Å². The molecule has 0 radical (unpaired) electrons. The lowest BCUT2D eigenvalue weighted by molar-refractivity contribution is -0.122. The van der Waals surface area contributed by atoms with Crippen LogP contribution in [0.25, 0.3) is 0 Å². The molecule has 1 aliphatic carbocycles. The Bertz CT molecular complexity index is 751. The highest BCUT2D eigenvalue weighted by Gasteiger charge is 2.26. The number of fused-ring (bicyclic) bond motifs is 1. The number of aromatic nitrogens is 1. The van der Waals surface area contributed by atoms with Crippen LogP contribution >= 0.6 is 11.3 Å². The van der Waals surface area contributed by atoms with Crippen molar-refractivity contribution in [3.63, 3.8) is 0 Å². The monoisotopic (exact) mass is 346 g/mol. The normalized spacial score (nSPS) is 17.3. The fourth-order valence-corrected chi connectivity index (χ4v) is 3.75. The van der Waals surface area contributed by atoms with Crippen molar-refractivity contribution in [3.8, 4) is 0 Å². The number of amides is 2. The molecule has 0 aromatic carbocycles. The van der Waals surface area contributed by atoms with E-state index in [9.17, 15) is 9.59 Å². The summed E-state index contributed by atoms with van der Waals surface area (Å²) in [5.41, 5.74) is 1.01. The molecule has 2 N–H and O–H groups in total. The first-order valence-electron chi connectivity index (χ1n) is 8.02. The predicted octanol–water partition coefficient (Wildman–Crippen LogP) is 1.63. The number of furan rings is 1. The first kappa shape index (κ1) is 15.3. The minimum Gasteiger partial charge on any atom is -0.459 e. The van der Waals surface area contributed by atoms with E-state index in [0.717, 1.165) is 36.4 Å². The number of nitrogens with zero attached hydrogens (tertiary/aromatic N) is 2. The van der Waals surface area contributed by atoms with Crippen LogP contribution in [-0.4, -0.2) is 40.8 Å². The molecule has 1 fully saturated rings. The van der Waals surface area contributed by atoms with Gasteiger partial charge in [0.15, 0.2) is 10.9 Å². The van der Waals surface area contributed by atoms with E-state index >= 15 is 0 Å². The van der Waals surface area contributed by atoms with Gasteiger partial charge in [-0.05, 0) is 25.0 Å². The number of nitrogens with one attached hydrogen (secondary N) is 2. The molecule has 1 aliphatic heterocycles. The lowest BCUT2D eigenvalue weighted by Crippen LogP contribution is -2.40. The van der Waals surface area contributed by atoms with Crippen LogP contribution in [0.5, 0.6) is 0 Å². The second kappa shape index (κ2) is 6.37. The SMILES string of the molecule is O=C(CN1CCc2nc(NC(=O)c3ccco3)sc2C1)NC1CC1. The summed E-state index contributed by atoms with van der Waals surface area (Å²) in [6, 6.07) is 3.68. The minimum atomic E-state index is -0.299. The number of carbonyl (C=O) groups is 2. The first-order valence-corrected chi connectivity index (χ1v) is 8.84. The zero-order valence-corrected chi connectivity index (χ0v) is 13.9. The Kier molecular flexibility index (Phi) is 4.07. The third-order valence-electron chi connectivity index (χ3n) is 4.09. The van der Waals surface area contributed by atoms with Gasteiger partial charge in [0, 0.05) is 30.4 Å². The quantitative estimate of drug-likeness (QED) is 0.859. The van der Waals surface area contributed by atoms with Crippen molar-refractivity contribution in [2.75, 3.05) is 18.4 Å². The third kappa shape index (κ3) is 3.49. The van der Waals surface area contributed by atoms with Gasteiger partial charge in [0.2, 0.25) is 5.91 Å². The van der Waals surface area contributed by atoms with Gasteiger partial charge in [-0.3, -0.25) is 19.8 Å². The highest BCUT2D eigenvalue weighted by molar-refractivity contribution is 7.15. The van der Waals surface area contributed by atoms with Crippen molar-refractivity contribution in [1.82, 2.24) is 15.2 Å². The van der Waals surface area contributed by atoms with Gasteiger partial charge in [0.25, 0.3) is 5.91 Å². The van der Waals surface area contributed by atoms with E-state index < -0.39 is 0 Å². The van der Waals surface area contributed by atoms with Gasteiger partial charge in [-0.15, -0.1) is 11.3 Å². The summed E-state index contributed by atoms with van der Waals surface area (Å²) in [6.45, 7) is 1.92. The second-order valence-electron chi connectivity index (χ2n) is 6.12. The smallest absolute Gasteiger partial charge is 0.293 e. The third-order valence-corrected chi connectivity index (χ3v) is 5.08. The fourth-order valence-electron chi connectivity index (χ4n) is 2.71. The molecule has 4 rings (SSSR count). The average Bonchev–Trinajstić information content (AvgIpc) is 3.05. The number of anilines is 1. The van der Waals surface area contributed by atoms with E-state index in [-0.39, 0.29) is 17.6 Å². The Morgan fingerprint density at radius 2 is 2.29 bits per heavy atom. The minimum absolute atomic E-state index is 0.0943. The Morgan fingerprint density at radius 1 is 1.42 bits per heavy atom. The molecule has 2 aliphatic rings. The molecule has 0 spiro atoms. The lowest BCUT2D eigenvalue weighted by atomic mass is 10.2. The van der Waals surface area contributed by atoms with Crippen molar-refractivity contribution in [2.24, 2.45) is 0 Å². The summed E-state index contributed by atoms with van der Waals surface area (Å²) in [7, 11) is 0. The number of hydrogen-bond acceptors (Lipinski definition) is 6. The van der Waals surface area contributed by atoms with Crippen LogP contribution in [0.2, 0.25) is 0 Å². The van der Waals surface area contributed by atoms with E-state index in [4.69, 9.17) is 4.42 Å². The summed E-state index contributed by atoms with van der Waals surface area (Å²) in [5.74, 6) is 0.0603. The summed E-state index contributed by atoms with van der Waals surface area (Å²) in [5, 5.41) is 6.35. The van der Waals surface area contributed by atoms with Gasteiger partial charge in [0.05, 0.1) is 18.5 Å². The molecule has 0 unspecified atom stereocenters. The maximum Gasteiger partial charge on any atom is 0.293 e. The second-order valence-corrected chi connectivity index (χ2v) is 7.21. The van der Waals surface area contributed by atoms with Crippen molar-refractivity contribution >= 4 is 28.3 Å². The maximum absolute atomic E-state index is 12.0. The number of rotatable bonds is 5. The van der Waals surface area contributed by atoms with E-state index in [1.165, 1.54) is 17.6 Å². The van der Waals surface area contributed by atoms with Crippen molar-refractivity contribution < 1.29 is 14.0 Å². The highest BCUT2D eigenvalue weighted by Crippen LogP contribution is 2.28. The Morgan fingerprint density at radius 3 is 3.04 bits per heavy atom. The van der Waals surface area contributed by atoms with Crippen LogP contribution in [0.3, 0.4) is 0 Å². The lowest BCUT2D eigenvalue weighted by Gasteiger charge is -2.25. The molecule has 2 aromatic heterocycles. The fraction of sp³-hybridized carbons (Fsp3) is 0.438. The molecule has 8 heteroatoms. The molecule has 7 nitrogen and oxygen atoms in total. The Labute approximate surface area is 143 Å². The summed E-state index contributed by atoms with van der Waals surface area (Å²) in [6.07, 6.45) is 4.46. The number of hydrogen-bond donors (Lipinski definition) is 2. The van der Waals surface area contributed by atoms with Gasteiger partial charge in [-0.1, -0.05) is 0 Å². The molecule has 0 saturated heterocycles. The molecular formula is C16H18N4O3S. The van der Waals surface area contributed by atoms with Gasteiger partial charge in [-0.25, -0.2) is 4.98 Å². The molecule has 126 valence electrons. The van der Waals surface area contributed by atoms with Crippen LogP contribution in [0.4, 0.5) is 5.13 Å². The number of carbonyl (C=O) groups excluding carboxylic acids is 2. The van der Waals surface area contributed by atoms with Crippen LogP contribution in [-0.2, 0) is 17.8 Å². The van der Waals surface area contributed by atoms with Gasteiger partial charge in [0.1, 0.15) is 0 Å². The van der Waals surface area contributed by atoms with E-state index in [1.807, 2.05) is 0 Å². The van der Waals surface area contributed by atoms with Gasteiger partial charge in [-0.2, -0.15) is 0 Å². The number of thiazole rings is 1. The molecule has 2 amide bonds. The Hall–Kier alpha value is -2.19. The molecule has 0 bridgehead atoms. The molecule has 24 heavy (non-hydrogen) atoms. The highest BCUT2D eigenvalue weighted by atomic mass is 32.1. The van der Waals surface area contributed by atoms with Crippen molar-refractivity contribution in [2.45, 2.75) is 31.8 Å². The van der Waals surface area contributed by atoms with Crippen LogP contribution < -0.4 is 10.6 Å². The van der Waals surface area contributed by atoms with Gasteiger partial charge >= 0.3 is 0 Å². The Balaban J connectivity index is 1.36. The molecule has 0 atom stereocenters. The van der Waals surface area contributed by atoms with Crippen LogP contribution in [0.15, 0.2) is 22.8 Å². The standard InChI is InChI=1S/C16H18N4O3S/c21-14(17-10-3-4-10)9-20-6-5-11-13(8-20)24-16(18-11)19-15(22)12-2-1-7-23-12/h1-2,7,10H,3-6,8-9H2,(H,17,21)(H,18,19,22). The van der Waals surface area contributed by atoms with Gasteiger partial charge < -0.3 is 9.73 Å². The zero-order chi connectivity index (χ0) is 16.5. The molecule has 3 heterocycles. The largest absolute Gasteiger partial charge is 0.459 e. The summed E-state index contributed by atoms with van der Waals surface area (Å²) < 4.78 is 5.08. The first-order chi connectivity index (χ1) is 11.7. The van der Waals surface area contributed by atoms with E-state index in [0.29, 0.717) is 24.3 Å². The van der Waals surface area contributed by atoms with Crippen LogP contribution in [0.1, 0.15) is 34.0 Å². The summed E-state index contributed by atoms with van der Waals surface area (Å²) >= 11 is 1.46. The van der Waals surface area contributed by atoms with E-state index in [1.54, 1.807) is 12.1 Å². The molecule has 2 aromatic rings. The molecule has 1 saturated carbocycles. The van der Waals surface area contributed by atoms with Crippen molar-refractivity contribution in [3.05, 3.63) is 34.7 Å². The maximum atomic E-state index is 12.0. The van der Waals surface area contributed by atoms with Crippen LogP contribution in [0, 0.1) is 0 Å². The molecular weight excluding hydrogens is 328 g/mol. The van der Waals surface area contributed by atoms with Crippen molar-refractivity contribution in [1.29, 1.82) is 0 Å². The zero-order valence-electron chi connectivity index (χ0n) is 13.1.